The van der Waals surface area contributed by atoms with Gasteiger partial charge in [-0.25, -0.2) is 0 Å². The van der Waals surface area contributed by atoms with Gasteiger partial charge < -0.3 is 10.2 Å². The fraction of sp³-hybridized carbons (Fsp3) is 0.750. The van der Waals surface area contributed by atoms with Crippen LogP contribution in [0.4, 0.5) is 0 Å². The Morgan fingerprint density at radius 3 is 2.84 bits per heavy atom. The maximum atomic E-state index is 10.5. The number of nitrogens with zero attached hydrogens (tertiary/aromatic N) is 1. The Morgan fingerprint density at radius 2 is 2.12 bits per heavy atom. The molecule has 0 aromatic heterocycles. The van der Waals surface area contributed by atoms with E-state index in [1.165, 1.54) is 12.8 Å². The normalized spacial score (nSPS) is 20.4. The summed E-state index contributed by atoms with van der Waals surface area (Å²) in [7, 11) is 0. The molecule has 2 unspecified atom stereocenters. The molecule has 1 rings (SSSR count). The van der Waals surface area contributed by atoms with E-state index in [4.69, 9.17) is 16.7 Å². The topological polar surface area (TPSA) is 60.8 Å². The van der Waals surface area contributed by atoms with Crippen LogP contribution in [-0.2, 0) is 4.79 Å². The quantitative estimate of drug-likeness (QED) is 0.363. The molecule has 4 nitrogen and oxygen atoms in total. The van der Waals surface area contributed by atoms with Gasteiger partial charge in [-0.1, -0.05) is 56.0 Å². The van der Waals surface area contributed by atoms with E-state index in [0.29, 0.717) is 17.5 Å². The summed E-state index contributed by atoms with van der Waals surface area (Å²) in [5, 5.41) is 19.3. The second-order valence-corrected chi connectivity index (χ2v) is 7.32. The Kier molecular flexibility index (Phi) is 11.9. The lowest BCUT2D eigenvalue weighted by atomic mass is 10.1. The van der Waals surface area contributed by atoms with Crippen molar-refractivity contribution in [2.75, 3.05) is 13.1 Å². The van der Waals surface area contributed by atoms with Gasteiger partial charge in [0.25, 0.3) is 0 Å². The maximum Gasteiger partial charge on any atom is 0.303 e. The minimum atomic E-state index is -0.726. The van der Waals surface area contributed by atoms with Crippen LogP contribution in [0.2, 0.25) is 0 Å². The molecule has 25 heavy (non-hydrogen) atoms. The number of unbranched alkanes of at least 4 members (excludes halogenated alkanes) is 3. The van der Waals surface area contributed by atoms with Gasteiger partial charge in [0, 0.05) is 24.0 Å². The molecular formula is C20H34ClNO3. The van der Waals surface area contributed by atoms with E-state index in [9.17, 15) is 9.90 Å². The molecule has 0 aromatic carbocycles. The van der Waals surface area contributed by atoms with E-state index in [0.717, 1.165) is 51.6 Å². The van der Waals surface area contributed by atoms with Crippen LogP contribution in [0.5, 0.6) is 0 Å². The Labute approximate surface area is 157 Å². The zero-order valence-electron chi connectivity index (χ0n) is 15.5. The molecule has 0 radical (unpaired) electrons. The Morgan fingerprint density at radius 1 is 1.32 bits per heavy atom. The fourth-order valence-corrected chi connectivity index (χ4v) is 3.39. The number of likely N-dealkylation sites (tertiary alicyclic amines) is 1. The number of halogens is 1. The van der Waals surface area contributed by atoms with Crippen molar-refractivity contribution < 1.29 is 15.0 Å². The molecule has 1 fully saturated rings. The van der Waals surface area contributed by atoms with E-state index in [1.807, 2.05) is 6.08 Å². The van der Waals surface area contributed by atoms with E-state index < -0.39 is 12.1 Å². The van der Waals surface area contributed by atoms with Crippen molar-refractivity contribution in [1.29, 1.82) is 0 Å². The number of aliphatic hydroxyl groups excluding tert-OH is 1. The van der Waals surface area contributed by atoms with Crippen LogP contribution in [-0.4, -0.2) is 46.3 Å². The van der Waals surface area contributed by atoms with E-state index >= 15 is 0 Å². The minimum Gasteiger partial charge on any atom is -0.481 e. The molecule has 0 bridgehead atoms. The molecule has 1 heterocycles. The number of carbonyl (C=O) groups is 1. The molecule has 0 amide bonds. The third-order valence-corrected chi connectivity index (χ3v) is 5.16. The van der Waals surface area contributed by atoms with Crippen LogP contribution in [0.25, 0.3) is 0 Å². The molecule has 1 aliphatic heterocycles. The Hall–Kier alpha value is -0.840. The first-order valence-corrected chi connectivity index (χ1v) is 10.1. The SMILES string of the molecule is CCCCCC(O)/C(Cl)=C/CN1CCCC1C/C=C\CCCC(=O)O. The number of carboxylic acids is 1. The van der Waals surface area contributed by atoms with Gasteiger partial charge in [0.05, 0.1) is 6.10 Å². The van der Waals surface area contributed by atoms with Crippen LogP contribution < -0.4 is 0 Å². The molecule has 0 aromatic rings. The zero-order chi connectivity index (χ0) is 18.5. The summed E-state index contributed by atoms with van der Waals surface area (Å²) in [6.45, 7) is 4.02. The van der Waals surface area contributed by atoms with Crippen LogP contribution >= 0.6 is 11.6 Å². The van der Waals surface area contributed by atoms with Crippen LogP contribution in [0.1, 0.15) is 71.1 Å². The Balaban J connectivity index is 2.30. The predicted octanol–water partition coefficient (Wildman–Crippen LogP) is 4.72. The van der Waals surface area contributed by atoms with E-state index in [2.05, 4.69) is 24.0 Å². The highest BCUT2D eigenvalue weighted by atomic mass is 35.5. The average molecular weight is 372 g/mol. The summed E-state index contributed by atoms with van der Waals surface area (Å²) in [4.78, 5) is 12.9. The van der Waals surface area contributed by atoms with Gasteiger partial charge in [0.15, 0.2) is 0 Å². The summed E-state index contributed by atoms with van der Waals surface area (Å²) < 4.78 is 0. The van der Waals surface area contributed by atoms with Gasteiger partial charge in [0.2, 0.25) is 0 Å². The third-order valence-electron chi connectivity index (χ3n) is 4.76. The molecule has 0 aliphatic carbocycles. The van der Waals surface area contributed by atoms with Gasteiger partial charge in [0.1, 0.15) is 0 Å². The van der Waals surface area contributed by atoms with Crippen molar-refractivity contribution >= 4 is 17.6 Å². The fourth-order valence-electron chi connectivity index (χ4n) is 3.21. The lowest BCUT2D eigenvalue weighted by molar-refractivity contribution is -0.137. The van der Waals surface area contributed by atoms with Crippen molar-refractivity contribution in [2.24, 2.45) is 0 Å². The van der Waals surface area contributed by atoms with Crippen LogP contribution in [0.15, 0.2) is 23.3 Å². The number of aliphatic hydroxyl groups is 1. The maximum absolute atomic E-state index is 10.5. The van der Waals surface area contributed by atoms with Gasteiger partial charge in [-0.3, -0.25) is 9.69 Å². The van der Waals surface area contributed by atoms with Gasteiger partial charge in [-0.2, -0.15) is 0 Å². The molecule has 2 N–H and O–H groups in total. The van der Waals surface area contributed by atoms with Crippen molar-refractivity contribution in [3.8, 4) is 0 Å². The molecule has 0 saturated carbocycles. The highest BCUT2D eigenvalue weighted by molar-refractivity contribution is 6.30. The molecule has 0 spiro atoms. The molecule has 5 heteroatoms. The van der Waals surface area contributed by atoms with Gasteiger partial charge >= 0.3 is 5.97 Å². The van der Waals surface area contributed by atoms with E-state index in [-0.39, 0.29) is 6.42 Å². The number of carboxylic acid groups (broad SMARTS) is 1. The smallest absolute Gasteiger partial charge is 0.303 e. The molecule has 2 atom stereocenters. The molecular weight excluding hydrogens is 338 g/mol. The third kappa shape index (κ3) is 10.0. The van der Waals surface area contributed by atoms with Crippen molar-refractivity contribution in [1.82, 2.24) is 4.90 Å². The number of aliphatic carboxylic acids is 1. The summed E-state index contributed by atoms with van der Waals surface area (Å²) in [5.41, 5.74) is 0. The van der Waals surface area contributed by atoms with Gasteiger partial charge in [-0.15, -0.1) is 0 Å². The summed E-state index contributed by atoms with van der Waals surface area (Å²) >= 11 is 6.25. The van der Waals surface area contributed by atoms with E-state index in [1.54, 1.807) is 0 Å². The van der Waals surface area contributed by atoms with Crippen molar-refractivity contribution in [2.45, 2.75) is 83.3 Å². The predicted molar refractivity (Wildman–Crippen MR) is 104 cm³/mol. The first kappa shape index (κ1) is 22.2. The first-order valence-electron chi connectivity index (χ1n) is 9.69. The number of rotatable bonds is 13. The summed E-state index contributed by atoms with van der Waals surface area (Å²) in [5.74, 6) is -0.726. The van der Waals surface area contributed by atoms with Crippen LogP contribution in [0.3, 0.4) is 0 Å². The highest BCUT2D eigenvalue weighted by Crippen LogP contribution is 2.22. The largest absolute Gasteiger partial charge is 0.481 e. The monoisotopic (exact) mass is 371 g/mol. The number of hydrogen-bond acceptors (Lipinski definition) is 3. The lowest BCUT2D eigenvalue weighted by Crippen LogP contribution is -2.29. The Bertz CT molecular complexity index is 437. The van der Waals surface area contributed by atoms with Crippen molar-refractivity contribution in [3.63, 3.8) is 0 Å². The highest BCUT2D eigenvalue weighted by Gasteiger charge is 2.22. The summed E-state index contributed by atoms with van der Waals surface area (Å²) in [6, 6.07) is 0.522. The lowest BCUT2D eigenvalue weighted by Gasteiger charge is -2.22. The average Bonchev–Trinajstić information content (AvgIpc) is 3.03. The van der Waals surface area contributed by atoms with Crippen molar-refractivity contribution in [3.05, 3.63) is 23.3 Å². The zero-order valence-corrected chi connectivity index (χ0v) is 16.3. The second-order valence-electron chi connectivity index (χ2n) is 6.88. The second kappa shape index (κ2) is 13.4. The standard InChI is InChI=1S/C20H34ClNO3/c1-2-3-6-12-19(23)18(21)14-16-22-15-9-11-17(22)10-7-4-5-8-13-20(24)25/h4,7,14,17,19,23H,2-3,5-6,8-13,15-16H2,1H3,(H,24,25)/b7-4-,18-14-. The summed E-state index contributed by atoms with van der Waals surface area (Å²) in [6.07, 6.45) is 14.9. The first-order chi connectivity index (χ1) is 12.0. The van der Waals surface area contributed by atoms with Crippen LogP contribution in [0, 0.1) is 0 Å². The molecule has 144 valence electrons. The molecule has 1 saturated heterocycles. The van der Waals surface area contributed by atoms with Gasteiger partial charge in [-0.05, 0) is 45.1 Å². The number of allylic oxidation sites excluding steroid dienone is 1. The molecule has 1 aliphatic rings. The minimum absolute atomic E-state index is 0.240. The number of hydrogen-bond donors (Lipinski definition) is 2.